The molecule has 3 rings (SSSR count). The summed E-state index contributed by atoms with van der Waals surface area (Å²) in [4.78, 5) is 31.5. The first-order valence-electron chi connectivity index (χ1n) is 10.1. The van der Waals surface area contributed by atoms with Gasteiger partial charge < -0.3 is 16.1 Å². The van der Waals surface area contributed by atoms with Crippen molar-refractivity contribution in [2.24, 2.45) is 22.8 Å². The van der Waals surface area contributed by atoms with Gasteiger partial charge in [0.15, 0.2) is 5.78 Å². The van der Waals surface area contributed by atoms with E-state index in [-0.39, 0.29) is 16.8 Å². The van der Waals surface area contributed by atoms with Crippen molar-refractivity contribution in [2.45, 2.75) is 42.3 Å². The number of nitrogens with two attached hydrogens (primary N) is 1. The number of nitrogens with zero attached hydrogens (tertiary/aromatic N) is 3. The molecule has 1 saturated heterocycles. The molecule has 1 saturated carbocycles. The van der Waals surface area contributed by atoms with Crippen LogP contribution in [0.5, 0.6) is 0 Å². The molecule has 0 spiro atoms. The molecule has 0 bridgehead atoms. The van der Waals surface area contributed by atoms with Gasteiger partial charge in [-0.2, -0.15) is 5.10 Å². The van der Waals surface area contributed by atoms with Crippen LogP contribution in [0.2, 0.25) is 0 Å². The Morgan fingerprint density at radius 2 is 2.23 bits per heavy atom. The lowest BCUT2D eigenvalue weighted by Crippen LogP contribution is -2.48. The number of carbonyl (C=O) groups excluding carboxylic acids is 2. The van der Waals surface area contributed by atoms with E-state index in [2.05, 4.69) is 20.1 Å². The SMILES string of the molecule is C[C@H](NS(=O)(=O)c1cccnc1)C(=O)C1[C@H](C(=O)N(C)C2CCCNC2)C1([NH])C=NN. The van der Waals surface area contributed by atoms with Gasteiger partial charge in [-0.05, 0) is 38.4 Å². The molecular weight excluding hydrogens is 422 g/mol. The molecule has 169 valence electrons. The number of rotatable bonds is 8. The van der Waals surface area contributed by atoms with Crippen LogP contribution in [0.25, 0.3) is 0 Å². The number of nitrogens with one attached hydrogen (secondary N) is 3. The fourth-order valence-corrected chi connectivity index (χ4v) is 5.31. The zero-order valence-electron chi connectivity index (χ0n) is 17.5. The molecule has 1 aliphatic carbocycles. The van der Waals surface area contributed by atoms with E-state index in [1.54, 1.807) is 11.9 Å². The topological polar surface area (TPSA) is 171 Å². The fraction of sp³-hybridized carbons (Fsp3) is 0.579. The number of ketones is 1. The molecule has 1 radical (unpaired) electrons. The molecule has 0 aromatic carbocycles. The summed E-state index contributed by atoms with van der Waals surface area (Å²) in [6.45, 7) is 2.93. The first-order chi connectivity index (χ1) is 14.6. The van der Waals surface area contributed by atoms with Crippen molar-refractivity contribution in [2.75, 3.05) is 20.1 Å². The van der Waals surface area contributed by atoms with Crippen LogP contribution < -0.4 is 21.6 Å². The second kappa shape index (κ2) is 8.99. The van der Waals surface area contributed by atoms with E-state index in [1.165, 1.54) is 31.5 Å². The van der Waals surface area contributed by atoms with Crippen LogP contribution in [0.15, 0.2) is 34.5 Å². The molecule has 2 fully saturated rings. The number of amides is 1. The molecule has 31 heavy (non-hydrogen) atoms. The predicted molar refractivity (Wildman–Crippen MR) is 113 cm³/mol. The van der Waals surface area contributed by atoms with E-state index in [0.29, 0.717) is 6.54 Å². The first-order valence-corrected chi connectivity index (χ1v) is 11.5. The van der Waals surface area contributed by atoms with Crippen molar-refractivity contribution in [1.82, 2.24) is 25.7 Å². The quantitative estimate of drug-likeness (QED) is 0.252. The molecule has 12 heteroatoms. The Bertz CT molecular complexity index is 949. The summed E-state index contributed by atoms with van der Waals surface area (Å²) < 4.78 is 27.4. The van der Waals surface area contributed by atoms with Gasteiger partial charge in [0, 0.05) is 38.2 Å². The molecule has 2 aliphatic rings. The van der Waals surface area contributed by atoms with Gasteiger partial charge in [-0.15, -0.1) is 0 Å². The fourth-order valence-electron chi connectivity index (χ4n) is 4.14. The molecule has 1 amide bonds. The summed E-state index contributed by atoms with van der Waals surface area (Å²) in [7, 11) is -2.33. The number of likely N-dealkylation sites (N-methyl/N-ethyl adjacent to an activating group) is 1. The third-order valence-corrected chi connectivity index (χ3v) is 7.51. The Morgan fingerprint density at radius 3 is 2.81 bits per heavy atom. The Kier molecular flexibility index (Phi) is 6.74. The van der Waals surface area contributed by atoms with Gasteiger partial charge in [-0.3, -0.25) is 14.6 Å². The number of hydrazone groups is 1. The van der Waals surface area contributed by atoms with E-state index < -0.39 is 39.2 Å². The second-order valence-corrected chi connectivity index (χ2v) is 9.76. The van der Waals surface area contributed by atoms with Crippen LogP contribution in [0.4, 0.5) is 0 Å². The minimum absolute atomic E-state index is 0.0295. The number of hydrogen-bond donors (Lipinski definition) is 3. The Labute approximate surface area is 181 Å². The van der Waals surface area contributed by atoms with E-state index in [0.717, 1.165) is 25.6 Å². The lowest BCUT2D eigenvalue weighted by atomic mass is 10.0. The highest BCUT2D eigenvalue weighted by Gasteiger charge is 2.70. The molecule has 5 N–H and O–H groups in total. The van der Waals surface area contributed by atoms with E-state index in [4.69, 9.17) is 11.6 Å². The molecule has 11 nitrogen and oxygen atoms in total. The smallest absolute Gasteiger partial charge is 0.242 e. The lowest BCUT2D eigenvalue weighted by molar-refractivity contribution is -0.135. The summed E-state index contributed by atoms with van der Waals surface area (Å²) >= 11 is 0. The van der Waals surface area contributed by atoms with Crippen molar-refractivity contribution in [3.05, 3.63) is 24.5 Å². The van der Waals surface area contributed by atoms with Crippen molar-refractivity contribution < 1.29 is 18.0 Å². The number of hydrogen-bond acceptors (Lipinski definition) is 8. The summed E-state index contributed by atoms with van der Waals surface area (Å²) in [6.07, 6.45) is 5.46. The highest BCUT2D eigenvalue weighted by Crippen LogP contribution is 2.51. The number of aromatic nitrogens is 1. The number of sulfonamides is 1. The van der Waals surface area contributed by atoms with Gasteiger partial charge in [0.2, 0.25) is 15.9 Å². The van der Waals surface area contributed by atoms with Gasteiger partial charge in [0.05, 0.1) is 23.4 Å². The maximum Gasteiger partial charge on any atom is 0.242 e. The number of piperidine rings is 1. The normalized spacial score (nSPS) is 29.5. The molecule has 3 unspecified atom stereocenters. The molecule has 1 aromatic heterocycles. The van der Waals surface area contributed by atoms with Crippen LogP contribution in [0.1, 0.15) is 19.8 Å². The van der Waals surface area contributed by atoms with Gasteiger partial charge in [0.25, 0.3) is 0 Å². The van der Waals surface area contributed by atoms with E-state index >= 15 is 0 Å². The Morgan fingerprint density at radius 1 is 1.48 bits per heavy atom. The molecule has 5 atom stereocenters. The zero-order valence-corrected chi connectivity index (χ0v) is 18.3. The summed E-state index contributed by atoms with van der Waals surface area (Å²) in [5.41, 5.74) is 7.01. The highest BCUT2D eigenvalue weighted by atomic mass is 32.2. The minimum atomic E-state index is -3.99. The third kappa shape index (κ3) is 4.61. The molecule has 2 heterocycles. The number of pyridine rings is 1. The average Bonchev–Trinajstić information content (AvgIpc) is 3.37. The number of Topliss-reactive ketones (excluding diaryl/α,β-unsaturated/α-hetero) is 1. The minimum Gasteiger partial charge on any atom is -0.341 e. The monoisotopic (exact) mass is 450 g/mol. The summed E-state index contributed by atoms with van der Waals surface area (Å²) in [5.74, 6) is 2.32. The first kappa shape index (κ1) is 23.3. The van der Waals surface area contributed by atoms with Gasteiger partial charge in [0.1, 0.15) is 4.90 Å². The predicted octanol–water partition coefficient (Wildman–Crippen LogP) is -1.26. The van der Waals surface area contributed by atoms with Gasteiger partial charge >= 0.3 is 0 Å². The van der Waals surface area contributed by atoms with Crippen molar-refractivity contribution in [3.63, 3.8) is 0 Å². The number of carbonyl (C=O) groups is 2. The van der Waals surface area contributed by atoms with Crippen molar-refractivity contribution in [3.8, 4) is 0 Å². The van der Waals surface area contributed by atoms with Crippen LogP contribution in [-0.4, -0.2) is 74.0 Å². The molecular formula is C19H28N7O4S. The van der Waals surface area contributed by atoms with Crippen LogP contribution in [-0.2, 0) is 19.6 Å². The summed E-state index contributed by atoms with van der Waals surface area (Å²) in [5, 5.41) is 6.63. The van der Waals surface area contributed by atoms with Crippen molar-refractivity contribution in [1.29, 1.82) is 0 Å². The average molecular weight is 451 g/mol. The maximum absolute atomic E-state index is 13.1. The standard InChI is InChI=1S/C19H28N7O4S/c1-12(25-31(29,30)14-6-4-8-23-10-14)17(27)15-16(19(15,20)11-24-21)18(28)26(2)13-5-3-7-22-9-13/h4,6,8,10-13,15-16,20,22,25H,3,5,7,9,21H2,1-2H3/t12-,13?,15?,16+,19?/m0/s1. The van der Waals surface area contributed by atoms with Crippen molar-refractivity contribution >= 4 is 27.9 Å². The Hall–Kier alpha value is -2.41. The van der Waals surface area contributed by atoms with Crippen LogP contribution >= 0.6 is 0 Å². The van der Waals surface area contributed by atoms with E-state index in [9.17, 15) is 18.0 Å². The molecule has 1 aromatic rings. The zero-order chi connectivity index (χ0) is 22.8. The van der Waals surface area contributed by atoms with Crippen LogP contribution in [0.3, 0.4) is 0 Å². The Balaban J connectivity index is 1.76. The molecule has 1 aliphatic heterocycles. The largest absolute Gasteiger partial charge is 0.341 e. The maximum atomic E-state index is 13.1. The van der Waals surface area contributed by atoms with E-state index in [1.807, 2.05) is 0 Å². The van der Waals surface area contributed by atoms with Gasteiger partial charge in [-0.1, -0.05) is 0 Å². The summed E-state index contributed by atoms with van der Waals surface area (Å²) in [6, 6.07) is 1.65. The van der Waals surface area contributed by atoms with Crippen LogP contribution in [0, 0.1) is 11.8 Å². The lowest BCUT2D eigenvalue weighted by Gasteiger charge is -2.32. The second-order valence-electron chi connectivity index (χ2n) is 8.05. The highest BCUT2D eigenvalue weighted by molar-refractivity contribution is 7.89. The third-order valence-electron chi connectivity index (χ3n) is 5.98. The van der Waals surface area contributed by atoms with Gasteiger partial charge in [-0.25, -0.2) is 18.9 Å².